The first kappa shape index (κ1) is 15.6. The van der Waals surface area contributed by atoms with Gasteiger partial charge in [-0.3, -0.25) is 4.68 Å². The van der Waals surface area contributed by atoms with Crippen LogP contribution in [-0.4, -0.2) is 14.9 Å². The maximum absolute atomic E-state index is 12.6. The van der Waals surface area contributed by atoms with Crippen LogP contribution in [0.25, 0.3) is 0 Å². The molecule has 1 aromatic carbocycles. The van der Waals surface area contributed by atoms with Crippen molar-refractivity contribution in [1.82, 2.24) is 9.78 Å². The Kier molecular flexibility index (Phi) is 4.67. The second kappa shape index (κ2) is 6.30. The molecule has 0 amide bonds. The van der Waals surface area contributed by atoms with Gasteiger partial charge in [0.1, 0.15) is 0 Å². The number of alkyl halides is 3. The molecular weight excluding hydrogens is 281 g/mol. The first-order chi connectivity index (χ1) is 9.90. The minimum atomic E-state index is -4.37. The zero-order valence-corrected chi connectivity index (χ0v) is 11.6. The van der Waals surface area contributed by atoms with Gasteiger partial charge < -0.3 is 5.11 Å². The van der Waals surface area contributed by atoms with Crippen molar-refractivity contribution in [3.8, 4) is 0 Å². The minimum absolute atomic E-state index is 0.127. The van der Waals surface area contributed by atoms with Crippen molar-refractivity contribution in [3.05, 3.63) is 53.3 Å². The third-order valence-corrected chi connectivity index (χ3v) is 3.17. The number of halogens is 3. The number of hydrogen-bond acceptors (Lipinski definition) is 2. The highest BCUT2D eigenvalue weighted by atomic mass is 19.4. The van der Waals surface area contributed by atoms with Crippen LogP contribution in [0.1, 0.15) is 36.1 Å². The molecule has 0 radical (unpaired) electrons. The quantitative estimate of drug-likeness (QED) is 0.916. The van der Waals surface area contributed by atoms with Crippen LogP contribution in [0.15, 0.2) is 36.7 Å². The number of aryl methyl sites for hydroxylation is 1. The molecule has 6 heteroatoms. The maximum Gasteiger partial charge on any atom is 0.416 e. The van der Waals surface area contributed by atoms with E-state index in [2.05, 4.69) is 5.10 Å². The van der Waals surface area contributed by atoms with E-state index in [1.807, 2.05) is 6.92 Å². The van der Waals surface area contributed by atoms with Crippen LogP contribution in [0.4, 0.5) is 13.2 Å². The van der Waals surface area contributed by atoms with Crippen molar-refractivity contribution >= 4 is 0 Å². The van der Waals surface area contributed by atoms with Gasteiger partial charge in [0, 0.05) is 24.7 Å². The van der Waals surface area contributed by atoms with Gasteiger partial charge in [-0.05, 0) is 18.1 Å². The standard InChI is InChI=1S/C15H17F3N2O/c1-2-6-20-10-12(9-19-20)14(21)8-11-4-3-5-13(7-11)15(16,17)18/h3-5,7,9-10,14,21H,2,6,8H2,1H3. The smallest absolute Gasteiger partial charge is 0.388 e. The summed E-state index contributed by atoms with van der Waals surface area (Å²) >= 11 is 0. The SMILES string of the molecule is CCCn1cc(C(O)Cc2cccc(C(F)(F)F)c2)cn1. The molecule has 0 fully saturated rings. The summed E-state index contributed by atoms with van der Waals surface area (Å²) in [6, 6.07) is 5.02. The zero-order valence-electron chi connectivity index (χ0n) is 11.6. The lowest BCUT2D eigenvalue weighted by Gasteiger charge is -2.11. The number of aliphatic hydroxyl groups is 1. The predicted octanol–water partition coefficient (Wildman–Crippen LogP) is 3.59. The molecule has 0 aliphatic heterocycles. The number of nitrogens with zero attached hydrogens (tertiary/aromatic N) is 2. The normalized spacial score (nSPS) is 13.4. The summed E-state index contributed by atoms with van der Waals surface area (Å²) in [6.07, 6.45) is -0.908. The summed E-state index contributed by atoms with van der Waals surface area (Å²) in [4.78, 5) is 0. The molecular formula is C15H17F3N2O. The van der Waals surface area contributed by atoms with E-state index >= 15 is 0 Å². The van der Waals surface area contributed by atoms with Crippen LogP contribution in [0, 0.1) is 0 Å². The van der Waals surface area contributed by atoms with Gasteiger partial charge in [-0.15, -0.1) is 0 Å². The van der Waals surface area contributed by atoms with Crippen LogP contribution in [0.2, 0.25) is 0 Å². The average molecular weight is 298 g/mol. The van der Waals surface area contributed by atoms with E-state index < -0.39 is 17.8 Å². The van der Waals surface area contributed by atoms with Gasteiger partial charge in [-0.2, -0.15) is 18.3 Å². The summed E-state index contributed by atoms with van der Waals surface area (Å²) in [5, 5.41) is 14.2. The molecule has 2 aromatic rings. The molecule has 0 saturated carbocycles. The maximum atomic E-state index is 12.6. The van der Waals surface area contributed by atoms with E-state index in [1.54, 1.807) is 23.1 Å². The molecule has 0 aliphatic rings. The van der Waals surface area contributed by atoms with Crippen LogP contribution in [-0.2, 0) is 19.1 Å². The fourth-order valence-corrected chi connectivity index (χ4v) is 2.12. The lowest BCUT2D eigenvalue weighted by Crippen LogP contribution is -2.07. The van der Waals surface area contributed by atoms with Crippen molar-refractivity contribution in [1.29, 1.82) is 0 Å². The average Bonchev–Trinajstić information content (AvgIpc) is 2.87. The fraction of sp³-hybridized carbons (Fsp3) is 0.400. The molecule has 0 spiro atoms. The van der Waals surface area contributed by atoms with Crippen LogP contribution in [0.3, 0.4) is 0 Å². The van der Waals surface area contributed by atoms with Gasteiger partial charge in [-0.1, -0.05) is 25.1 Å². The van der Waals surface area contributed by atoms with Gasteiger partial charge in [-0.25, -0.2) is 0 Å². The molecule has 0 aliphatic carbocycles. The third-order valence-electron chi connectivity index (χ3n) is 3.17. The van der Waals surface area contributed by atoms with E-state index in [0.717, 1.165) is 25.1 Å². The molecule has 0 bridgehead atoms. The monoisotopic (exact) mass is 298 g/mol. The Hall–Kier alpha value is -1.82. The van der Waals surface area contributed by atoms with E-state index in [0.29, 0.717) is 11.1 Å². The number of aliphatic hydroxyl groups excluding tert-OH is 1. The molecule has 0 saturated heterocycles. The number of rotatable bonds is 5. The number of hydrogen-bond donors (Lipinski definition) is 1. The molecule has 3 nitrogen and oxygen atoms in total. The minimum Gasteiger partial charge on any atom is -0.388 e. The Morgan fingerprint density at radius 3 is 2.76 bits per heavy atom. The highest BCUT2D eigenvalue weighted by molar-refractivity contribution is 5.27. The topological polar surface area (TPSA) is 38.0 Å². The van der Waals surface area contributed by atoms with Crippen molar-refractivity contribution in [2.24, 2.45) is 0 Å². The summed E-state index contributed by atoms with van der Waals surface area (Å²) in [5.74, 6) is 0. The molecule has 1 heterocycles. The molecule has 1 aromatic heterocycles. The molecule has 1 unspecified atom stereocenters. The first-order valence-electron chi connectivity index (χ1n) is 6.76. The van der Waals surface area contributed by atoms with E-state index in [1.165, 1.54) is 6.07 Å². The summed E-state index contributed by atoms with van der Waals surface area (Å²) in [5.41, 5.74) is 0.357. The van der Waals surface area contributed by atoms with Crippen LogP contribution >= 0.6 is 0 Å². The van der Waals surface area contributed by atoms with E-state index in [9.17, 15) is 18.3 Å². The highest BCUT2D eigenvalue weighted by Crippen LogP contribution is 2.30. The van der Waals surface area contributed by atoms with Crippen molar-refractivity contribution in [2.75, 3.05) is 0 Å². The second-order valence-corrected chi connectivity index (χ2v) is 4.95. The van der Waals surface area contributed by atoms with Gasteiger partial charge in [0.05, 0.1) is 17.9 Å². The highest BCUT2D eigenvalue weighted by Gasteiger charge is 2.30. The summed E-state index contributed by atoms with van der Waals surface area (Å²) < 4.78 is 39.6. The predicted molar refractivity (Wildman–Crippen MR) is 72.6 cm³/mol. The Balaban J connectivity index is 2.10. The van der Waals surface area contributed by atoms with Gasteiger partial charge in [0.2, 0.25) is 0 Å². The summed E-state index contributed by atoms with van der Waals surface area (Å²) in [6.45, 7) is 2.76. The van der Waals surface area contributed by atoms with Gasteiger partial charge in [0.25, 0.3) is 0 Å². The molecule has 114 valence electrons. The number of aromatic nitrogens is 2. The summed E-state index contributed by atoms with van der Waals surface area (Å²) in [7, 11) is 0. The van der Waals surface area contributed by atoms with Gasteiger partial charge in [0.15, 0.2) is 0 Å². The molecule has 21 heavy (non-hydrogen) atoms. The Morgan fingerprint density at radius 2 is 2.10 bits per heavy atom. The Bertz CT molecular complexity index is 593. The van der Waals surface area contributed by atoms with E-state index in [-0.39, 0.29) is 6.42 Å². The zero-order chi connectivity index (χ0) is 15.5. The fourth-order valence-electron chi connectivity index (χ4n) is 2.12. The van der Waals surface area contributed by atoms with Crippen molar-refractivity contribution in [2.45, 2.75) is 38.6 Å². The van der Waals surface area contributed by atoms with Crippen LogP contribution in [0.5, 0.6) is 0 Å². The lowest BCUT2D eigenvalue weighted by atomic mass is 10.0. The molecule has 2 rings (SSSR count). The molecule has 1 atom stereocenters. The van der Waals surface area contributed by atoms with Crippen LogP contribution < -0.4 is 0 Å². The van der Waals surface area contributed by atoms with E-state index in [4.69, 9.17) is 0 Å². The first-order valence-corrected chi connectivity index (χ1v) is 6.76. The van der Waals surface area contributed by atoms with Crippen molar-refractivity contribution < 1.29 is 18.3 Å². The third kappa shape index (κ3) is 4.07. The largest absolute Gasteiger partial charge is 0.416 e. The van der Waals surface area contributed by atoms with Crippen molar-refractivity contribution in [3.63, 3.8) is 0 Å². The lowest BCUT2D eigenvalue weighted by molar-refractivity contribution is -0.137. The Labute approximate surface area is 121 Å². The Morgan fingerprint density at radius 1 is 1.33 bits per heavy atom. The second-order valence-electron chi connectivity index (χ2n) is 4.95. The number of benzene rings is 1. The molecule has 1 N–H and O–H groups in total. The van der Waals surface area contributed by atoms with Gasteiger partial charge >= 0.3 is 6.18 Å².